The van der Waals surface area contributed by atoms with E-state index in [0.29, 0.717) is 0 Å². The summed E-state index contributed by atoms with van der Waals surface area (Å²) in [6.45, 7) is 9.93. The first-order valence-electron chi connectivity index (χ1n) is 4.01. The highest BCUT2D eigenvalue weighted by molar-refractivity contribution is 5.32. The molecule has 0 amide bonds. The predicted octanol–water partition coefficient (Wildman–Crippen LogP) is 2.14. The largest absolute Gasteiger partial charge is 0.329 e. The van der Waals surface area contributed by atoms with Crippen LogP contribution in [-0.4, -0.2) is 7.05 Å². The Bertz CT molecular complexity index is 212. The van der Waals surface area contributed by atoms with Gasteiger partial charge in [0.15, 0.2) is 0 Å². The van der Waals surface area contributed by atoms with Crippen LogP contribution in [0.2, 0.25) is 0 Å². The van der Waals surface area contributed by atoms with Crippen LogP contribution in [0.5, 0.6) is 0 Å². The van der Waals surface area contributed by atoms with Gasteiger partial charge in [0.25, 0.3) is 0 Å². The molecule has 0 saturated carbocycles. The summed E-state index contributed by atoms with van der Waals surface area (Å²) in [6.07, 6.45) is 3.98. The average Bonchev–Trinajstić information content (AvgIpc) is 1.98. The van der Waals surface area contributed by atoms with Crippen LogP contribution in [0.1, 0.15) is 20.8 Å². The summed E-state index contributed by atoms with van der Waals surface area (Å²) in [5, 5.41) is 0. The minimum absolute atomic E-state index is 1.07. The van der Waals surface area contributed by atoms with E-state index in [1.807, 2.05) is 20.2 Å². The minimum Gasteiger partial charge on any atom is -0.329 e. The van der Waals surface area contributed by atoms with E-state index in [4.69, 9.17) is 0 Å². The summed E-state index contributed by atoms with van der Waals surface area (Å²) in [7, 11) is 1.83. The molecule has 0 aromatic carbocycles. The molecule has 0 heterocycles. The maximum Gasteiger partial charge on any atom is 0.0157 e. The van der Waals surface area contributed by atoms with Gasteiger partial charge in [-0.3, -0.25) is 0 Å². The van der Waals surface area contributed by atoms with Crippen LogP contribution in [0.4, 0.5) is 0 Å². The third-order valence-corrected chi connectivity index (χ3v) is 1.52. The van der Waals surface area contributed by atoms with Crippen LogP contribution < -0.4 is 10.9 Å². The molecule has 0 atom stereocenters. The summed E-state index contributed by atoms with van der Waals surface area (Å²) >= 11 is 0. The molecule has 0 aromatic rings. The minimum atomic E-state index is 1.07. The molecular formula is C10H18N2. The second-order valence-corrected chi connectivity index (χ2v) is 2.90. The molecule has 0 unspecified atom stereocenters. The summed E-state index contributed by atoms with van der Waals surface area (Å²) < 4.78 is 0. The van der Waals surface area contributed by atoms with Crippen LogP contribution >= 0.6 is 0 Å². The summed E-state index contributed by atoms with van der Waals surface area (Å²) in [5.74, 6) is 0. The summed E-state index contributed by atoms with van der Waals surface area (Å²) in [4.78, 5) is 0. The van der Waals surface area contributed by atoms with Gasteiger partial charge in [0.2, 0.25) is 0 Å². The molecular weight excluding hydrogens is 148 g/mol. The Morgan fingerprint density at radius 3 is 2.17 bits per heavy atom. The molecule has 68 valence electrons. The van der Waals surface area contributed by atoms with E-state index in [-0.39, 0.29) is 0 Å². The number of rotatable bonds is 4. The topological polar surface area (TPSA) is 24.1 Å². The van der Waals surface area contributed by atoms with E-state index in [0.717, 1.165) is 5.57 Å². The Hall–Kier alpha value is -1.02. The monoisotopic (exact) mass is 166 g/mol. The van der Waals surface area contributed by atoms with Crippen molar-refractivity contribution in [3.63, 3.8) is 0 Å². The molecule has 0 bridgehead atoms. The van der Waals surface area contributed by atoms with Gasteiger partial charge in [-0.25, -0.2) is 5.43 Å². The fourth-order valence-electron chi connectivity index (χ4n) is 0.778. The zero-order chi connectivity index (χ0) is 9.56. The number of nitrogens with one attached hydrogen (secondary N) is 2. The van der Waals surface area contributed by atoms with E-state index in [1.165, 1.54) is 11.1 Å². The van der Waals surface area contributed by atoms with Gasteiger partial charge in [-0.05, 0) is 31.9 Å². The zero-order valence-corrected chi connectivity index (χ0v) is 8.36. The average molecular weight is 166 g/mol. The molecule has 0 saturated heterocycles. The van der Waals surface area contributed by atoms with E-state index >= 15 is 0 Å². The van der Waals surface area contributed by atoms with Gasteiger partial charge in [-0.15, -0.1) is 0 Å². The first-order chi connectivity index (χ1) is 5.57. The van der Waals surface area contributed by atoms with Gasteiger partial charge in [-0.2, -0.15) is 0 Å². The van der Waals surface area contributed by atoms with Crippen molar-refractivity contribution in [3.05, 3.63) is 35.6 Å². The maximum atomic E-state index is 3.82. The Morgan fingerprint density at radius 2 is 1.75 bits per heavy atom. The van der Waals surface area contributed by atoms with Crippen molar-refractivity contribution in [2.45, 2.75) is 20.8 Å². The summed E-state index contributed by atoms with van der Waals surface area (Å²) in [6, 6.07) is 0. The Morgan fingerprint density at radius 1 is 1.17 bits per heavy atom. The second kappa shape index (κ2) is 5.61. The number of allylic oxidation sites excluding steroid dienone is 4. The third kappa shape index (κ3) is 4.74. The normalized spacial score (nSPS) is 13.0. The molecule has 0 fully saturated rings. The molecule has 2 heteroatoms. The third-order valence-electron chi connectivity index (χ3n) is 1.52. The number of hydrogen-bond donors (Lipinski definition) is 2. The van der Waals surface area contributed by atoms with Gasteiger partial charge in [-0.1, -0.05) is 18.2 Å². The SMILES string of the molecule is C=C(C)/C=C(C)/C(C)=C/NNC. The van der Waals surface area contributed by atoms with Gasteiger partial charge in [0, 0.05) is 13.2 Å². The van der Waals surface area contributed by atoms with Crippen LogP contribution in [0.3, 0.4) is 0 Å². The molecule has 0 spiro atoms. The lowest BCUT2D eigenvalue weighted by molar-refractivity contribution is 0.726. The van der Waals surface area contributed by atoms with Gasteiger partial charge < -0.3 is 5.43 Å². The predicted molar refractivity (Wildman–Crippen MR) is 54.5 cm³/mol. The van der Waals surface area contributed by atoms with Crippen molar-refractivity contribution >= 4 is 0 Å². The Kier molecular flexibility index (Phi) is 5.13. The van der Waals surface area contributed by atoms with Crippen molar-refractivity contribution in [2.75, 3.05) is 7.05 Å². The molecule has 0 aliphatic carbocycles. The van der Waals surface area contributed by atoms with Crippen LogP contribution in [0, 0.1) is 0 Å². The highest BCUT2D eigenvalue weighted by Crippen LogP contribution is 2.08. The standard InChI is InChI=1S/C10H18N2/c1-8(2)6-9(3)10(4)7-12-11-5/h6-7,11-12H,1H2,2-5H3/b9-6+,10-7+. The van der Waals surface area contributed by atoms with Gasteiger partial charge >= 0.3 is 0 Å². The zero-order valence-electron chi connectivity index (χ0n) is 8.36. The van der Waals surface area contributed by atoms with Crippen molar-refractivity contribution in [2.24, 2.45) is 0 Å². The Labute approximate surface area is 75.0 Å². The van der Waals surface area contributed by atoms with Gasteiger partial charge in [0.05, 0.1) is 0 Å². The van der Waals surface area contributed by atoms with E-state index in [9.17, 15) is 0 Å². The molecule has 2 nitrogen and oxygen atoms in total. The lowest BCUT2D eigenvalue weighted by Gasteiger charge is -2.02. The molecule has 0 rings (SSSR count). The van der Waals surface area contributed by atoms with E-state index < -0.39 is 0 Å². The van der Waals surface area contributed by atoms with E-state index in [2.05, 4.69) is 37.4 Å². The molecule has 0 radical (unpaired) electrons. The maximum absolute atomic E-state index is 3.82. The van der Waals surface area contributed by atoms with Crippen molar-refractivity contribution in [3.8, 4) is 0 Å². The number of hydrazine groups is 1. The highest BCUT2D eigenvalue weighted by Gasteiger charge is 1.91. The quantitative estimate of drug-likeness (QED) is 0.494. The molecule has 0 aliphatic rings. The molecule has 0 aromatic heterocycles. The Balaban J connectivity index is 4.27. The molecule has 2 N–H and O–H groups in total. The first kappa shape index (κ1) is 11.0. The molecule has 12 heavy (non-hydrogen) atoms. The summed E-state index contributed by atoms with van der Waals surface area (Å²) in [5.41, 5.74) is 9.25. The van der Waals surface area contributed by atoms with Crippen molar-refractivity contribution in [1.82, 2.24) is 10.9 Å². The highest BCUT2D eigenvalue weighted by atomic mass is 15.3. The van der Waals surface area contributed by atoms with Gasteiger partial charge in [0.1, 0.15) is 0 Å². The van der Waals surface area contributed by atoms with E-state index in [1.54, 1.807) is 0 Å². The molecule has 0 aliphatic heterocycles. The van der Waals surface area contributed by atoms with Crippen LogP contribution in [0.25, 0.3) is 0 Å². The fraction of sp³-hybridized carbons (Fsp3) is 0.400. The fourth-order valence-corrected chi connectivity index (χ4v) is 0.778. The lowest BCUT2D eigenvalue weighted by atomic mass is 10.1. The van der Waals surface area contributed by atoms with Crippen molar-refractivity contribution in [1.29, 1.82) is 0 Å². The first-order valence-corrected chi connectivity index (χ1v) is 4.01. The number of hydrogen-bond acceptors (Lipinski definition) is 2. The van der Waals surface area contributed by atoms with Crippen LogP contribution in [0.15, 0.2) is 35.6 Å². The smallest absolute Gasteiger partial charge is 0.0157 e. The van der Waals surface area contributed by atoms with Crippen LogP contribution in [-0.2, 0) is 0 Å². The van der Waals surface area contributed by atoms with Crippen molar-refractivity contribution < 1.29 is 0 Å². The second-order valence-electron chi connectivity index (χ2n) is 2.90. The lowest BCUT2D eigenvalue weighted by Crippen LogP contribution is -2.21.